The predicted octanol–water partition coefficient (Wildman–Crippen LogP) is 2.12. The van der Waals surface area contributed by atoms with Crippen molar-refractivity contribution in [3.63, 3.8) is 0 Å². The highest BCUT2D eigenvalue weighted by atomic mass is 16.5. The first-order valence-corrected chi connectivity index (χ1v) is 10.9. The number of piperazine rings is 1. The number of hydrogen-bond acceptors (Lipinski definition) is 9. The summed E-state index contributed by atoms with van der Waals surface area (Å²) in [5.41, 5.74) is 2.29. The number of carbonyl (C=O) groups excluding carboxylic acids is 1. The minimum absolute atomic E-state index is 0.101. The van der Waals surface area contributed by atoms with Crippen molar-refractivity contribution in [3.8, 4) is 0 Å². The highest BCUT2D eigenvalue weighted by Gasteiger charge is 2.26. The van der Waals surface area contributed by atoms with Gasteiger partial charge in [-0.3, -0.25) is 9.89 Å². The van der Waals surface area contributed by atoms with Gasteiger partial charge in [-0.15, -0.1) is 0 Å². The highest BCUT2D eigenvalue weighted by molar-refractivity contribution is 5.92. The number of hydrogen-bond donors (Lipinski definition) is 3. The molecule has 0 unspecified atom stereocenters. The molecule has 11 heteroatoms. The molecular formula is C21H27N9O2. The van der Waals surface area contributed by atoms with E-state index in [-0.39, 0.29) is 5.91 Å². The fraction of sp³-hybridized carbons (Fsp3) is 0.476. The average Bonchev–Trinajstić information content (AvgIpc) is 3.34. The van der Waals surface area contributed by atoms with Gasteiger partial charge in [0.05, 0.1) is 6.54 Å². The minimum atomic E-state index is -0.101. The van der Waals surface area contributed by atoms with E-state index in [1.807, 2.05) is 19.1 Å². The zero-order chi connectivity index (χ0) is 22.1. The summed E-state index contributed by atoms with van der Waals surface area (Å²) in [6.07, 6.45) is 2.43. The van der Waals surface area contributed by atoms with Crippen molar-refractivity contribution in [2.24, 2.45) is 0 Å². The number of aromatic amines is 1. The smallest absolute Gasteiger partial charge is 0.276 e. The van der Waals surface area contributed by atoms with Crippen LogP contribution in [0.15, 0.2) is 22.7 Å². The minimum Gasteiger partial charge on any atom is -0.359 e. The summed E-state index contributed by atoms with van der Waals surface area (Å²) in [4.78, 5) is 25.6. The number of nitrogens with one attached hydrogen (secondary N) is 3. The van der Waals surface area contributed by atoms with E-state index in [1.54, 1.807) is 11.0 Å². The number of H-pyrrole nitrogens is 1. The van der Waals surface area contributed by atoms with Gasteiger partial charge in [0.15, 0.2) is 17.3 Å². The number of amides is 1. The van der Waals surface area contributed by atoms with Crippen LogP contribution in [0, 0.1) is 6.92 Å². The Bertz CT molecular complexity index is 1100. The molecule has 1 saturated heterocycles. The fourth-order valence-corrected chi connectivity index (χ4v) is 3.68. The lowest BCUT2D eigenvalue weighted by atomic mass is 10.2. The highest BCUT2D eigenvalue weighted by Crippen LogP contribution is 2.39. The van der Waals surface area contributed by atoms with Gasteiger partial charge in [0.1, 0.15) is 5.82 Å². The maximum Gasteiger partial charge on any atom is 0.276 e. The van der Waals surface area contributed by atoms with Crippen LogP contribution in [0.25, 0.3) is 0 Å². The summed E-state index contributed by atoms with van der Waals surface area (Å²) in [5, 5.41) is 17.7. The molecule has 5 rings (SSSR count). The van der Waals surface area contributed by atoms with E-state index in [0.717, 1.165) is 30.3 Å². The van der Waals surface area contributed by atoms with Crippen LogP contribution in [0.2, 0.25) is 0 Å². The molecule has 2 fully saturated rings. The molecule has 0 spiro atoms. The summed E-state index contributed by atoms with van der Waals surface area (Å²) >= 11 is 0. The van der Waals surface area contributed by atoms with Gasteiger partial charge in [-0.05, 0) is 26.8 Å². The van der Waals surface area contributed by atoms with E-state index >= 15 is 0 Å². The molecule has 0 radical (unpaired) electrons. The van der Waals surface area contributed by atoms with Crippen molar-refractivity contribution in [2.45, 2.75) is 32.2 Å². The van der Waals surface area contributed by atoms with Crippen LogP contribution in [-0.2, 0) is 6.54 Å². The number of anilines is 3. The lowest BCUT2D eigenvalue weighted by Gasteiger charge is -2.31. The number of carbonyl (C=O) groups is 1. The molecule has 1 aliphatic carbocycles. The molecule has 0 bridgehead atoms. The molecule has 3 N–H and O–H groups in total. The Balaban J connectivity index is 1.20. The number of nitrogens with zero attached hydrogens (tertiary/aromatic N) is 6. The van der Waals surface area contributed by atoms with Crippen molar-refractivity contribution < 1.29 is 9.32 Å². The van der Waals surface area contributed by atoms with E-state index in [0.29, 0.717) is 48.8 Å². The van der Waals surface area contributed by atoms with Crippen LogP contribution < -0.4 is 10.6 Å². The van der Waals surface area contributed by atoms with Gasteiger partial charge < -0.3 is 25.0 Å². The Morgan fingerprint density at radius 1 is 1.16 bits per heavy atom. The Kier molecular flexibility index (Phi) is 5.48. The standard InChI is InChI=1S/C21H27N9O2/c1-13-9-18(24-19-11-16(26-27-19)14-3-4-14)25-21(23-13)22-12-15-10-17(28-32-15)20(31)30-7-5-29(2)6-8-30/h9-11,14H,3-8,12H2,1-2H3,(H3,22,23,24,25,26,27). The third-order valence-electron chi connectivity index (χ3n) is 5.71. The Morgan fingerprint density at radius 2 is 1.97 bits per heavy atom. The summed E-state index contributed by atoms with van der Waals surface area (Å²) in [7, 11) is 2.05. The van der Waals surface area contributed by atoms with E-state index < -0.39 is 0 Å². The SMILES string of the molecule is Cc1cc(Nc2cc(C3CC3)[nH]n2)nc(NCc2cc(C(=O)N3CCN(C)CC3)no2)n1. The van der Waals surface area contributed by atoms with Gasteiger partial charge in [0.2, 0.25) is 5.95 Å². The molecule has 168 valence electrons. The first-order valence-electron chi connectivity index (χ1n) is 10.9. The molecule has 4 heterocycles. The summed E-state index contributed by atoms with van der Waals surface area (Å²) in [6.45, 7) is 5.33. The van der Waals surface area contributed by atoms with E-state index in [4.69, 9.17) is 4.52 Å². The lowest BCUT2D eigenvalue weighted by molar-refractivity contribution is 0.0653. The zero-order valence-electron chi connectivity index (χ0n) is 18.3. The van der Waals surface area contributed by atoms with Gasteiger partial charge in [0.25, 0.3) is 5.91 Å². The number of rotatable bonds is 7. The van der Waals surface area contributed by atoms with E-state index in [2.05, 4.69) is 47.9 Å². The number of likely N-dealkylation sites (N-methyl/N-ethyl adjacent to an activating group) is 1. The summed E-state index contributed by atoms with van der Waals surface area (Å²) in [5.74, 6) is 2.89. The van der Waals surface area contributed by atoms with E-state index in [1.165, 1.54) is 12.8 Å². The average molecular weight is 438 g/mol. The van der Waals surface area contributed by atoms with Gasteiger partial charge in [-0.1, -0.05) is 5.16 Å². The lowest BCUT2D eigenvalue weighted by Crippen LogP contribution is -2.47. The molecule has 32 heavy (non-hydrogen) atoms. The first-order chi connectivity index (χ1) is 15.5. The molecule has 3 aromatic rings. The third kappa shape index (κ3) is 4.72. The predicted molar refractivity (Wildman–Crippen MR) is 118 cm³/mol. The normalized spacial score (nSPS) is 16.9. The van der Waals surface area contributed by atoms with Gasteiger partial charge in [0, 0.05) is 61.7 Å². The van der Waals surface area contributed by atoms with Crippen molar-refractivity contribution in [3.05, 3.63) is 41.0 Å². The summed E-state index contributed by atoms with van der Waals surface area (Å²) in [6, 6.07) is 5.55. The molecule has 0 aromatic carbocycles. The van der Waals surface area contributed by atoms with Crippen LogP contribution in [0.1, 0.15) is 46.4 Å². The fourth-order valence-electron chi connectivity index (χ4n) is 3.68. The maximum atomic E-state index is 12.6. The molecular weight excluding hydrogens is 410 g/mol. The van der Waals surface area contributed by atoms with Crippen LogP contribution >= 0.6 is 0 Å². The Morgan fingerprint density at radius 3 is 2.75 bits per heavy atom. The second-order valence-electron chi connectivity index (χ2n) is 8.45. The quantitative estimate of drug-likeness (QED) is 0.509. The maximum absolute atomic E-state index is 12.6. The van der Waals surface area contributed by atoms with Crippen molar-refractivity contribution in [2.75, 3.05) is 43.9 Å². The van der Waals surface area contributed by atoms with Gasteiger partial charge in [-0.25, -0.2) is 4.98 Å². The molecule has 1 saturated carbocycles. The third-order valence-corrected chi connectivity index (χ3v) is 5.71. The molecule has 11 nitrogen and oxygen atoms in total. The monoisotopic (exact) mass is 437 g/mol. The molecule has 1 amide bonds. The van der Waals surface area contributed by atoms with Crippen LogP contribution in [-0.4, -0.2) is 74.3 Å². The Labute approximate surface area is 185 Å². The van der Waals surface area contributed by atoms with Crippen LogP contribution in [0.3, 0.4) is 0 Å². The Hall–Kier alpha value is -3.47. The van der Waals surface area contributed by atoms with Crippen LogP contribution in [0.5, 0.6) is 0 Å². The van der Waals surface area contributed by atoms with E-state index in [9.17, 15) is 4.79 Å². The van der Waals surface area contributed by atoms with Crippen molar-refractivity contribution >= 4 is 23.5 Å². The molecule has 0 atom stereocenters. The van der Waals surface area contributed by atoms with Crippen LogP contribution in [0.4, 0.5) is 17.6 Å². The van der Waals surface area contributed by atoms with Crippen molar-refractivity contribution in [1.29, 1.82) is 0 Å². The van der Waals surface area contributed by atoms with Crippen molar-refractivity contribution in [1.82, 2.24) is 35.1 Å². The molecule has 2 aliphatic rings. The molecule has 1 aliphatic heterocycles. The summed E-state index contributed by atoms with van der Waals surface area (Å²) < 4.78 is 5.35. The van der Waals surface area contributed by atoms with Gasteiger partial charge >= 0.3 is 0 Å². The number of aryl methyl sites for hydroxylation is 1. The first kappa shape index (κ1) is 20.4. The van der Waals surface area contributed by atoms with Gasteiger partial charge in [-0.2, -0.15) is 10.1 Å². The topological polar surface area (TPSA) is 128 Å². The second-order valence-corrected chi connectivity index (χ2v) is 8.45. The largest absolute Gasteiger partial charge is 0.359 e. The zero-order valence-corrected chi connectivity index (χ0v) is 18.3. The second kappa shape index (κ2) is 8.58. The number of aromatic nitrogens is 5. The molecule has 3 aromatic heterocycles.